The first kappa shape index (κ1) is 25.9. The number of allylic oxidation sites excluding steroid dienone is 1. The molecule has 10 nitrogen and oxygen atoms in total. The molecule has 2 aromatic carbocycles. The Morgan fingerprint density at radius 1 is 1.21 bits per heavy atom. The number of furan rings is 1. The van der Waals surface area contributed by atoms with Crippen molar-refractivity contribution in [1.29, 1.82) is 0 Å². The zero-order chi connectivity index (χ0) is 27.7. The third kappa shape index (κ3) is 4.91. The first-order chi connectivity index (χ1) is 18.8. The highest BCUT2D eigenvalue weighted by molar-refractivity contribution is 7.07. The Balaban J connectivity index is 1.60. The molecule has 1 unspecified atom stereocenters. The van der Waals surface area contributed by atoms with Crippen LogP contribution < -0.4 is 19.6 Å². The number of fused-ring (bicyclic) bond motifs is 1. The van der Waals surface area contributed by atoms with Gasteiger partial charge in [0.15, 0.2) is 4.80 Å². The molecule has 11 heteroatoms. The van der Waals surface area contributed by atoms with E-state index >= 15 is 0 Å². The number of hydrogen-bond acceptors (Lipinski definition) is 8. The van der Waals surface area contributed by atoms with Gasteiger partial charge in [-0.05, 0) is 43.7 Å². The van der Waals surface area contributed by atoms with Gasteiger partial charge in [-0.3, -0.25) is 9.36 Å². The van der Waals surface area contributed by atoms with E-state index in [2.05, 4.69) is 0 Å². The number of carbonyl (C=O) groups excluding carboxylic acids is 1. The molecule has 198 valence electrons. The van der Waals surface area contributed by atoms with Gasteiger partial charge in [0.05, 0.1) is 24.2 Å². The van der Waals surface area contributed by atoms with Gasteiger partial charge < -0.3 is 13.9 Å². The van der Waals surface area contributed by atoms with Crippen LogP contribution in [0.1, 0.15) is 31.2 Å². The van der Waals surface area contributed by atoms with Gasteiger partial charge in [-0.1, -0.05) is 35.6 Å². The number of methoxy groups -OCH3 is 1. The molecule has 0 spiro atoms. The average Bonchev–Trinajstić information content (AvgIpc) is 3.53. The summed E-state index contributed by atoms with van der Waals surface area (Å²) in [5.41, 5.74) is 1.80. The minimum Gasteiger partial charge on any atom is -0.497 e. The fourth-order valence-electron chi connectivity index (χ4n) is 4.34. The van der Waals surface area contributed by atoms with E-state index in [4.69, 9.17) is 18.9 Å². The van der Waals surface area contributed by atoms with Crippen LogP contribution >= 0.6 is 11.3 Å². The van der Waals surface area contributed by atoms with Gasteiger partial charge in [0, 0.05) is 29.5 Å². The molecule has 1 aliphatic rings. The van der Waals surface area contributed by atoms with Crippen LogP contribution in [0.2, 0.25) is 0 Å². The Kier molecular flexibility index (Phi) is 6.99. The monoisotopic (exact) mass is 546 g/mol. The van der Waals surface area contributed by atoms with Crippen LogP contribution in [0.3, 0.4) is 0 Å². The summed E-state index contributed by atoms with van der Waals surface area (Å²) in [5.74, 6) is 1.00. The van der Waals surface area contributed by atoms with Crippen molar-refractivity contribution in [3.63, 3.8) is 0 Å². The molecule has 0 bridgehead atoms. The number of esters is 1. The molecule has 0 saturated carbocycles. The molecular weight excluding hydrogens is 522 g/mol. The molecular formula is C28H24N3O7S+. The standard InChI is InChI=1S/C28H24N3O7S/c1-4-37-27(33)24-16(2)30-26(32)23(39-28(30)29-25(24)17-8-10-20(36-3)11-9-17)15-21-12-13-22(38-21)18-6-5-7-19(14-18)31(34)35/h5-15,25H,4H2,1-3H3,(H,34,35)/q+1/b23-15-. The number of hydrogen-bond donors (Lipinski definition) is 1. The highest BCUT2D eigenvalue weighted by Crippen LogP contribution is 2.33. The van der Waals surface area contributed by atoms with Crippen molar-refractivity contribution in [2.45, 2.75) is 19.9 Å². The summed E-state index contributed by atoms with van der Waals surface area (Å²) in [6.07, 6.45) is 1.60. The molecule has 1 aliphatic heterocycles. The molecule has 0 amide bonds. The number of ether oxygens (including phenoxy) is 2. The topological polar surface area (TPSA) is 123 Å². The fourth-order valence-corrected chi connectivity index (χ4v) is 5.36. The molecule has 0 radical (unpaired) electrons. The van der Waals surface area contributed by atoms with E-state index in [9.17, 15) is 19.7 Å². The third-order valence-corrected chi connectivity index (χ3v) is 7.21. The summed E-state index contributed by atoms with van der Waals surface area (Å²) in [6, 6.07) is 16.3. The maximum atomic E-state index is 13.4. The van der Waals surface area contributed by atoms with E-state index in [-0.39, 0.29) is 28.3 Å². The number of carbonyl (C=O) groups is 1. The number of thiazole rings is 1. The molecule has 1 atom stereocenters. The lowest BCUT2D eigenvalue weighted by atomic mass is 9.96. The Hall–Kier alpha value is -4.77. The van der Waals surface area contributed by atoms with Crippen LogP contribution in [0, 0.1) is 4.91 Å². The molecule has 0 fully saturated rings. The highest BCUT2D eigenvalue weighted by Gasteiger charge is 2.31. The molecule has 2 aromatic heterocycles. The summed E-state index contributed by atoms with van der Waals surface area (Å²) in [6.45, 7) is 3.61. The molecule has 39 heavy (non-hydrogen) atoms. The molecule has 4 aromatic rings. The van der Waals surface area contributed by atoms with Gasteiger partial charge >= 0.3 is 11.7 Å². The van der Waals surface area contributed by atoms with Crippen molar-refractivity contribution in [3.05, 3.63) is 102 Å². The Morgan fingerprint density at radius 2 is 1.97 bits per heavy atom. The lowest BCUT2D eigenvalue weighted by Gasteiger charge is -2.22. The predicted octanol–water partition coefficient (Wildman–Crippen LogP) is 3.98. The van der Waals surface area contributed by atoms with Crippen molar-refractivity contribution in [2.24, 2.45) is 4.99 Å². The SMILES string of the molecule is CCOC(=O)C1=C(C)n2c(s/c(=C\c3ccc(-c4cccc([N+](=O)O)c4)o3)c2=O)=NC1c1ccc(OC)cc1. The molecule has 5 rings (SSSR count). The first-order valence-electron chi connectivity index (χ1n) is 12.0. The Morgan fingerprint density at radius 3 is 2.67 bits per heavy atom. The van der Waals surface area contributed by atoms with Crippen LogP contribution in [-0.2, 0) is 9.53 Å². The minimum atomic E-state index is -0.657. The second-order valence-corrected chi connectivity index (χ2v) is 9.59. The summed E-state index contributed by atoms with van der Waals surface area (Å²) in [7, 11) is 1.57. The van der Waals surface area contributed by atoms with Gasteiger partial charge in [0.25, 0.3) is 10.5 Å². The second kappa shape index (κ2) is 10.5. The molecule has 3 heterocycles. The summed E-state index contributed by atoms with van der Waals surface area (Å²) >= 11 is 1.18. The van der Waals surface area contributed by atoms with Crippen molar-refractivity contribution in [1.82, 2.24) is 4.57 Å². The lowest BCUT2D eigenvalue weighted by molar-refractivity contribution is -0.729. The normalized spacial score (nSPS) is 15.1. The number of rotatable bonds is 7. The summed E-state index contributed by atoms with van der Waals surface area (Å²) < 4.78 is 18.2. The zero-order valence-electron chi connectivity index (χ0n) is 21.3. The van der Waals surface area contributed by atoms with Crippen LogP contribution in [0.4, 0.5) is 5.69 Å². The minimum absolute atomic E-state index is 0.0614. The maximum absolute atomic E-state index is 13.4. The van der Waals surface area contributed by atoms with Crippen LogP contribution in [0.15, 0.2) is 80.4 Å². The van der Waals surface area contributed by atoms with E-state index in [1.54, 1.807) is 63.4 Å². The van der Waals surface area contributed by atoms with Crippen LogP contribution in [0.25, 0.3) is 23.1 Å². The molecule has 0 aliphatic carbocycles. The predicted molar refractivity (Wildman–Crippen MR) is 143 cm³/mol. The van der Waals surface area contributed by atoms with Gasteiger partial charge in [-0.25, -0.2) is 15.0 Å². The quantitative estimate of drug-likeness (QED) is 0.275. The Labute approximate surface area is 225 Å². The maximum Gasteiger partial charge on any atom is 0.338 e. The van der Waals surface area contributed by atoms with Crippen molar-refractivity contribution >= 4 is 34.8 Å². The average molecular weight is 547 g/mol. The van der Waals surface area contributed by atoms with Crippen LogP contribution in [-0.4, -0.2) is 34.4 Å². The van der Waals surface area contributed by atoms with E-state index < -0.39 is 12.0 Å². The van der Waals surface area contributed by atoms with Crippen molar-refractivity contribution in [2.75, 3.05) is 13.7 Å². The number of aromatic nitrogens is 1. The van der Waals surface area contributed by atoms with Gasteiger partial charge in [0.1, 0.15) is 27.8 Å². The highest BCUT2D eigenvalue weighted by atomic mass is 32.1. The van der Waals surface area contributed by atoms with E-state index in [0.29, 0.717) is 37.9 Å². The first-order valence-corrected chi connectivity index (χ1v) is 12.8. The van der Waals surface area contributed by atoms with E-state index in [0.717, 1.165) is 5.56 Å². The van der Waals surface area contributed by atoms with E-state index in [1.165, 1.54) is 28.0 Å². The smallest absolute Gasteiger partial charge is 0.338 e. The van der Waals surface area contributed by atoms with Crippen molar-refractivity contribution in [3.8, 4) is 17.1 Å². The lowest BCUT2D eigenvalue weighted by Crippen LogP contribution is -2.35. The van der Waals surface area contributed by atoms with Gasteiger partial charge in [0.2, 0.25) is 0 Å². The van der Waals surface area contributed by atoms with Crippen molar-refractivity contribution < 1.29 is 28.8 Å². The number of nitrogens with zero attached hydrogens (tertiary/aromatic N) is 3. The molecule has 1 N–H and O–H groups in total. The fraction of sp³-hybridized carbons (Fsp3) is 0.179. The molecule has 0 saturated heterocycles. The zero-order valence-corrected chi connectivity index (χ0v) is 22.1. The Bertz CT molecular complexity index is 1800. The second-order valence-electron chi connectivity index (χ2n) is 8.58. The van der Waals surface area contributed by atoms with Gasteiger partial charge in [-0.2, -0.15) is 0 Å². The van der Waals surface area contributed by atoms with Crippen LogP contribution in [0.5, 0.6) is 5.75 Å². The number of benzene rings is 2. The largest absolute Gasteiger partial charge is 0.497 e. The van der Waals surface area contributed by atoms with Gasteiger partial charge in [-0.15, -0.1) is 0 Å². The third-order valence-electron chi connectivity index (χ3n) is 6.22. The summed E-state index contributed by atoms with van der Waals surface area (Å²) in [5, 5.41) is 9.18. The van der Waals surface area contributed by atoms with E-state index in [1.807, 2.05) is 12.1 Å². The summed E-state index contributed by atoms with van der Waals surface area (Å²) in [4.78, 5) is 42.7.